The van der Waals surface area contributed by atoms with Crippen LogP contribution in [0.4, 0.5) is 5.82 Å². The van der Waals surface area contributed by atoms with Crippen molar-refractivity contribution in [3.05, 3.63) is 22.3 Å². The Hall–Kier alpha value is -0.940. The lowest BCUT2D eigenvalue weighted by molar-refractivity contribution is -0.115. The maximum atomic E-state index is 11.5. The minimum absolute atomic E-state index is 0.0406. The molecule has 5 heteroatoms. The summed E-state index contributed by atoms with van der Waals surface area (Å²) < 4.78 is 0.946. The first-order valence-electron chi connectivity index (χ1n) is 5.31. The Bertz CT molecular complexity index is 404. The van der Waals surface area contributed by atoms with E-state index in [9.17, 15) is 4.79 Å². The van der Waals surface area contributed by atoms with Crippen LogP contribution in [0, 0.1) is 6.92 Å². The summed E-state index contributed by atoms with van der Waals surface area (Å²) in [5.41, 5.74) is 0.868. The first-order chi connectivity index (χ1) is 7.65. The summed E-state index contributed by atoms with van der Waals surface area (Å²) in [6.07, 6.45) is 2.37. The Morgan fingerprint density at radius 3 is 2.94 bits per heavy atom. The van der Waals surface area contributed by atoms with Crippen molar-refractivity contribution in [2.75, 3.05) is 11.9 Å². The van der Waals surface area contributed by atoms with Crippen LogP contribution in [-0.2, 0) is 4.79 Å². The molecule has 86 valence electrons. The first kappa shape index (κ1) is 11.5. The standard InChI is InChI=1S/C11H14BrN3O/c1-7-9(12)4-5-10(14-7)15-11(16)6-13-8-2-3-8/h4-5,8,13H,2-3,6H2,1H3,(H,14,15,16). The van der Waals surface area contributed by atoms with Gasteiger partial charge < -0.3 is 10.6 Å². The molecule has 0 spiro atoms. The molecule has 1 fully saturated rings. The highest BCUT2D eigenvalue weighted by molar-refractivity contribution is 9.10. The number of aromatic nitrogens is 1. The second kappa shape index (κ2) is 4.93. The fraction of sp³-hybridized carbons (Fsp3) is 0.455. The van der Waals surface area contributed by atoms with Crippen molar-refractivity contribution in [2.24, 2.45) is 0 Å². The van der Waals surface area contributed by atoms with Gasteiger partial charge in [0.2, 0.25) is 5.91 Å². The quantitative estimate of drug-likeness (QED) is 0.887. The second-order valence-corrected chi connectivity index (χ2v) is 4.82. The zero-order valence-corrected chi connectivity index (χ0v) is 10.7. The van der Waals surface area contributed by atoms with Gasteiger partial charge in [0, 0.05) is 10.5 Å². The van der Waals surface area contributed by atoms with Crippen LogP contribution in [0.1, 0.15) is 18.5 Å². The number of halogens is 1. The van der Waals surface area contributed by atoms with Crippen LogP contribution in [0.25, 0.3) is 0 Å². The van der Waals surface area contributed by atoms with E-state index < -0.39 is 0 Å². The van der Waals surface area contributed by atoms with Gasteiger partial charge in [0.1, 0.15) is 5.82 Å². The van der Waals surface area contributed by atoms with Crippen LogP contribution in [-0.4, -0.2) is 23.5 Å². The van der Waals surface area contributed by atoms with Crippen molar-refractivity contribution in [1.82, 2.24) is 10.3 Å². The van der Waals surface area contributed by atoms with E-state index in [4.69, 9.17) is 0 Å². The monoisotopic (exact) mass is 283 g/mol. The maximum absolute atomic E-state index is 11.5. The van der Waals surface area contributed by atoms with Gasteiger partial charge in [0.05, 0.1) is 12.2 Å². The van der Waals surface area contributed by atoms with Gasteiger partial charge in [-0.3, -0.25) is 4.79 Å². The highest BCUT2D eigenvalue weighted by Crippen LogP contribution is 2.18. The highest BCUT2D eigenvalue weighted by Gasteiger charge is 2.21. The Balaban J connectivity index is 1.86. The van der Waals surface area contributed by atoms with Gasteiger partial charge in [-0.2, -0.15) is 0 Å². The number of hydrogen-bond donors (Lipinski definition) is 2. The largest absolute Gasteiger partial charge is 0.310 e. The van der Waals surface area contributed by atoms with Gasteiger partial charge in [0.25, 0.3) is 0 Å². The Kier molecular flexibility index (Phi) is 3.56. The van der Waals surface area contributed by atoms with Gasteiger partial charge in [-0.25, -0.2) is 4.98 Å². The number of anilines is 1. The van der Waals surface area contributed by atoms with Crippen molar-refractivity contribution >= 4 is 27.7 Å². The number of aryl methyl sites for hydroxylation is 1. The molecule has 0 saturated heterocycles. The van der Waals surface area contributed by atoms with E-state index in [1.54, 1.807) is 6.07 Å². The summed E-state index contributed by atoms with van der Waals surface area (Å²) in [4.78, 5) is 15.8. The van der Waals surface area contributed by atoms with E-state index in [1.165, 1.54) is 12.8 Å². The molecular weight excluding hydrogens is 270 g/mol. The molecule has 2 N–H and O–H groups in total. The number of nitrogens with one attached hydrogen (secondary N) is 2. The molecule has 0 bridgehead atoms. The van der Waals surface area contributed by atoms with Gasteiger partial charge in [-0.1, -0.05) is 0 Å². The molecule has 16 heavy (non-hydrogen) atoms. The molecule has 0 aromatic carbocycles. The zero-order chi connectivity index (χ0) is 11.5. The van der Waals surface area contributed by atoms with Crippen molar-refractivity contribution in [2.45, 2.75) is 25.8 Å². The van der Waals surface area contributed by atoms with E-state index in [-0.39, 0.29) is 5.91 Å². The lowest BCUT2D eigenvalue weighted by Crippen LogP contribution is -2.29. The van der Waals surface area contributed by atoms with E-state index in [0.29, 0.717) is 18.4 Å². The highest BCUT2D eigenvalue weighted by atomic mass is 79.9. The van der Waals surface area contributed by atoms with Crippen molar-refractivity contribution in [1.29, 1.82) is 0 Å². The Labute approximate surface area is 103 Å². The Morgan fingerprint density at radius 1 is 1.56 bits per heavy atom. The topological polar surface area (TPSA) is 54.0 Å². The van der Waals surface area contributed by atoms with Gasteiger partial charge in [0.15, 0.2) is 0 Å². The van der Waals surface area contributed by atoms with Crippen LogP contribution in [0.2, 0.25) is 0 Å². The number of amides is 1. The summed E-state index contributed by atoms with van der Waals surface area (Å²) >= 11 is 3.37. The van der Waals surface area contributed by atoms with Gasteiger partial charge in [-0.15, -0.1) is 0 Å². The third-order valence-corrected chi connectivity index (χ3v) is 3.26. The normalized spacial score (nSPS) is 14.9. The van der Waals surface area contributed by atoms with Crippen molar-refractivity contribution < 1.29 is 4.79 Å². The maximum Gasteiger partial charge on any atom is 0.239 e. The SMILES string of the molecule is Cc1nc(NC(=O)CNC2CC2)ccc1Br. The number of carbonyl (C=O) groups excluding carboxylic acids is 1. The molecule has 0 radical (unpaired) electrons. The fourth-order valence-corrected chi connectivity index (χ4v) is 1.55. The summed E-state index contributed by atoms with van der Waals surface area (Å²) in [6, 6.07) is 4.21. The molecule has 1 aliphatic carbocycles. The number of pyridine rings is 1. The summed E-state index contributed by atoms with van der Waals surface area (Å²) in [5.74, 6) is 0.560. The molecule has 1 saturated carbocycles. The van der Waals surface area contributed by atoms with Crippen LogP contribution >= 0.6 is 15.9 Å². The summed E-state index contributed by atoms with van der Waals surface area (Å²) in [6.45, 7) is 2.25. The predicted molar refractivity (Wildman–Crippen MR) is 66.3 cm³/mol. The summed E-state index contributed by atoms with van der Waals surface area (Å²) in [5, 5.41) is 5.91. The van der Waals surface area contributed by atoms with Crippen LogP contribution in [0.5, 0.6) is 0 Å². The van der Waals surface area contributed by atoms with Crippen molar-refractivity contribution in [3.63, 3.8) is 0 Å². The second-order valence-electron chi connectivity index (χ2n) is 3.97. The third-order valence-electron chi connectivity index (χ3n) is 2.42. The van der Waals surface area contributed by atoms with Gasteiger partial charge in [-0.05, 0) is 47.8 Å². The molecule has 0 atom stereocenters. The van der Waals surface area contributed by atoms with E-state index >= 15 is 0 Å². The Morgan fingerprint density at radius 2 is 2.31 bits per heavy atom. The molecule has 1 amide bonds. The first-order valence-corrected chi connectivity index (χ1v) is 6.11. The molecular formula is C11H14BrN3O. The predicted octanol–water partition coefficient (Wildman–Crippen LogP) is 1.84. The number of hydrogen-bond acceptors (Lipinski definition) is 3. The fourth-order valence-electron chi connectivity index (χ4n) is 1.33. The van der Waals surface area contributed by atoms with Crippen LogP contribution in [0.15, 0.2) is 16.6 Å². The third kappa shape index (κ3) is 3.28. The molecule has 2 rings (SSSR count). The number of nitrogens with zero attached hydrogens (tertiary/aromatic N) is 1. The lowest BCUT2D eigenvalue weighted by Gasteiger charge is -2.06. The molecule has 0 aliphatic heterocycles. The number of carbonyl (C=O) groups is 1. The van der Waals surface area contributed by atoms with Gasteiger partial charge >= 0.3 is 0 Å². The minimum atomic E-state index is -0.0406. The van der Waals surface area contributed by atoms with Crippen LogP contribution < -0.4 is 10.6 Å². The number of rotatable bonds is 4. The molecule has 0 unspecified atom stereocenters. The van der Waals surface area contributed by atoms with E-state index in [0.717, 1.165) is 10.2 Å². The molecule has 1 aromatic rings. The molecule has 1 heterocycles. The lowest BCUT2D eigenvalue weighted by atomic mass is 10.3. The van der Waals surface area contributed by atoms with Crippen molar-refractivity contribution in [3.8, 4) is 0 Å². The molecule has 1 aromatic heterocycles. The van der Waals surface area contributed by atoms with E-state index in [1.807, 2.05) is 13.0 Å². The van der Waals surface area contributed by atoms with Crippen LogP contribution in [0.3, 0.4) is 0 Å². The molecule has 1 aliphatic rings. The molecule has 4 nitrogen and oxygen atoms in total. The summed E-state index contributed by atoms with van der Waals surface area (Å²) in [7, 11) is 0. The average molecular weight is 284 g/mol. The average Bonchev–Trinajstić information content (AvgIpc) is 3.04. The zero-order valence-electron chi connectivity index (χ0n) is 9.09. The smallest absolute Gasteiger partial charge is 0.239 e. The minimum Gasteiger partial charge on any atom is -0.310 e. The van der Waals surface area contributed by atoms with E-state index in [2.05, 4.69) is 31.5 Å².